The van der Waals surface area contributed by atoms with Crippen molar-refractivity contribution in [3.63, 3.8) is 0 Å². The van der Waals surface area contributed by atoms with Gasteiger partial charge in [-0.3, -0.25) is 9.59 Å². The van der Waals surface area contributed by atoms with E-state index in [4.69, 9.17) is 0 Å². The summed E-state index contributed by atoms with van der Waals surface area (Å²) < 4.78 is 0. The Morgan fingerprint density at radius 1 is 1.22 bits per heavy atom. The number of carbonyl (C=O) groups excluding carboxylic acids is 2. The molecular formula is C16H24ClN3O3. The third-order valence-corrected chi connectivity index (χ3v) is 3.83. The number of piperidine rings is 1. The van der Waals surface area contributed by atoms with E-state index in [0.717, 1.165) is 19.4 Å². The average Bonchev–Trinajstić information content (AvgIpc) is 2.51. The first-order valence-electron chi connectivity index (χ1n) is 7.64. The molecule has 0 aromatic heterocycles. The first-order chi connectivity index (χ1) is 10.6. The minimum atomic E-state index is -0.218. The highest BCUT2D eigenvalue weighted by Gasteiger charge is 2.24. The van der Waals surface area contributed by atoms with E-state index in [1.807, 2.05) is 0 Å². The molecule has 2 rings (SSSR count). The smallest absolute Gasteiger partial charge is 0.251 e. The first-order valence-corrected chi connectivity index (χ1v) is 7.64. The zero-order valence-electron chi connectivity index (χ0n) is 13.2. The van der Waals surface area contributed by atoms with Crippen LogP contribution in [0.1, 0.15) is 30.1 Å². The van der Waals surface area contributed by atoms with Gasteiger partial charge in [-0.1, -0.05) is 0 Å². The Balaban J connectivity index is 0.00000264. The van der Waals surface area contributed by atoms with E-state index in [0.29, 0.717) is 24.7 Å². The molecule has 0 aliphatic carbocycles. The largest absolute Gasteiger partial charge is 0.508 e. The van der Waals surface area contributed by atoms with Gasteiger partial charge in [0.15, 0.2) is 0 Å². The van der Waals surface area contributed by atoms with Crippen molar-refractivity contribution in [2.75, 3.05) is 19.6 Å². The number of carbonyl (C=O) groups is 2. The number of benzene rings is 1. The van der Waals surface area contributed by atoms with Crippen LogP contribution in [0, 0.1) is 5.92 Å². The third-order valence-electron chi connectivity index (χ3n) is 3.83. The molecule has 0 unspecified atom stereocenters. The Morgan fingerprint density at radius 2 is 1.87 bits per heavy atom. The van der Waals surface area contributed by atoms with Gasteiger partial charge in [-0.2, -0.15) is 0 Å². The lowest BCUT2D eigenvalue weighted by Gasteiger charge is -2.27. The second kappa shape index (κ2) is 9.37. The lowest BCUT2D eigenvalue weighted by atomic mass is 9.92. The van der Waals surface area contributed by atoms with Crippen LogP contribution < -0.4 is 16.0 Å². The van der Waals surface area contributed by atoms with Gasteiger partial charge >= 0.3 is 0 Å². The number of amides is 2. The Morgan fingerprint density at radius 3 is 2.52 bits per heavy atom. The maximum absolute atomic E-state index is 12.0. The number of hydrogen-bond acceptors (Lipinski definition) is 4. The predicted octanol–water partition coefficient (Wildman–Crippen LogP) is 1.05. The number of hydrogen-bond donors (Lipinski definition) is 4. The molecule has 2 atom stereocenters. The van der Waals surface area contributed by atoms with Crippen molar-refractivity contribution in [2.24, 2.45) is 5.92 Å². The van der Waals surface area contributed by atoms with Gasteiger partial charge in [0.2, 0.25) is 5.91 Å². The molecule has 23 heavy (non-hydrogen) atoms. The Kier molecular flexibility index (Phi) is 7.85. The minimum absolute atomic E-state index is 0. The molecular weight excluding hydrogens is 318 g/mol. The van der Waals surface area contributed by atoms with E-state index < -0.39 is 0 Å². The topological polar surface area (TPSA) is 90.5 Å². The maximum atomic E-state index is 12.0. The normalized spacial score (nSPS) is 20.2. The van der Waals surface area contributed by atoms with Crippen molar-refractivity contribution in [1.82, 2.24) is 16.0 Å². The predicted molar refractivity (Wildman–Crippen MR) is 90.9 cm³/mol. The van der Waals surface area contributed by atoms with Crippen LogP contribution in [0.2, 0.25) is 0 Å². The summed E-state index contributed by atoms with van der Waals surface area (Å²) in [7, 11) is 0. The van der Waals surface area contributed by atoms with E-state index in [-0.39, 0.29) is 35.9 Å². The van der Waals surface area contributed by atoms with E-state index in [1.54, 1.807) is 12.1 Å². The fraction of sp³-hybridized carbons (Fsp3) is 0.500. The molecule has 1 heterocycles. The van der Waals surface area contributed by atoms with Crippen LogP contribution in [0.25, 0.3) is 0 Å². The molecule has 6 nitrogen and oxygen atoms in total. The number of nitrogens with one attached hydrogen (secondary N) is 3. The molecule has 0 saturated carbocycles. The average molecular weight is 342 g/mol. The van der Waals surface area contributed by atoms with Gasteiger partial charge < -0.3 is 21.1 Å². The van der Waals surface area contributed by atoms with Gasteiger partial charge in [0, 0.05) is 30.6 Å². The van der Waals surface area contributed by atoms with E-state index in [9.17, 15) is 14.7 Å². The monoisotopic (exact) mass is 341 g/mol. The molecule has 7 heteroatoms. The summed E-state index contributed by atoms with van der Waals surface area (Å²) in [6.07, 6.45) is 1.71. The summed E-state index contributed by atoms with van der Waals surface area (Å²) in [6, 6.07) is 6.42. The van der Waals surface area contributed by atoms with Crippen molar-refractivity contribution < 1.29 is 14.7 Å². The highest BCUT2D eigenvalue weighted by atomic mass is 35.5. The van der Waals surface area contributed by atoms with Gasteiger partial charge in [-0.15, -0.1) is 12.4 Å². The standard InChI is InChI=1S/C16H23N3O3.ClH/c1-11-10-13(6-7-17-11)16(22)19-9-8-18-15(21)12-2-4-14(20)5-3-12;/h2-5,11,13,17,20H,6-10H2,1H3,(H,18,21)(H,19,22);1H/t11-,13-;/m0./s1. The lowest BCUT2D eigenvalue weighted by molar-refractivity contribution is -0.126. The maximum Gasteiger partial charge on any atom is 0.251 e. The van der Waals surface area contributed by atoms with Crippen molar-refractivity contribution in [3.8, 4) is 5.75 Å². The fourth-order valence-electron chi connectivity index (χ4n) is 2.59. The molecule has 2 amide bonds. The fourth-order valence-corrected chi connectivity index (χ4v) is 2.59. The number of halogens is 1. The van der Waals surface area contributed by atoms with Gasteiger partial charge in [0.05, 0.1) is 0 Å². The Hall–Kier alpha value is -1.79. The molecule has 0 radical (unpaired) electrons. The second-order valence-corrected chi connectivity index (χ2v) is 5.67. The molecule has 4 N–H and O–H groups in total. The minimum Gasteiger partial charge on any atom is -0.508 e. The van der Waals surface area contributed by atoms with Gasteiger partial charge in [0.1, 0.15) is 5.75 Å². The van der Waals surface area contributed by atoms with Crippen LogP contribution in [-0.4, -0.2) is 42.6 Å². The molecule has 1 aromatic carbocycles. The molecule has 1 aromatic rings. The molecule has 1 aliphatic rings. The van der Waals surface area contributed by atoms with Gasteiger partial charge in [0.25, 0.3) is 5.91 Å². The third kappa shape index (κ3) is 6.08. The number of phenols is 1. The summed E-state index contributed by atoms with van der Waals surface area (Å²) in [5, 5.41) is 18.1. The van der Waals surface area contributed by atoms with Crippen LogP contribution in [0.15, 0.2) is 24.3 Å². The Labute approximate surface area is 142 Å². The SMILES string of the molecule is C[C@H]1C[C@@H](C(=O)NCCNC(=O)c2ccc(O)cc2)CCN1.Cl. The molecule has 1 aliphatic heterocycles. The van der Waals surface area contributed by atoms with Crippen molar-refractivity contribution in [1.29, 1.82) is 0 Å². The van der Waals surface area contributed by atoms with Crippen LogP contribution >= 0.6 is 12.4 Å². The van der Waals surface area contributed by atoms with Crippen molar-refractivity contribution in [2.45, 2.75) is 25.8 Å². The van der Waals surface area contributed by atoms with Crippen LogP contribution in [0.4, 0.5) is 0 Å². The highest BCUT2D eigenvalue weighted by molar-refractivity contribution is 5.94. The summed E-state index contributed by atoms with van der Waals surface area (Å²) in [5.41, 5.74) is 0.483. The molecule has 1 fully saturated rings. The molecule has 128 valence electrons. The number of phenolic OH excluding ortho intramolecular Hbond substituents is 1. The van der Waals surface area contributed by atoms with Crippen molar-refractivity contribution in [3.05, 3.63) is 29.8 Å². The van der Waals surface area contributed by atoms with Crippen LogP contribution in [0.5, 0.6) is 5.75 Å². The number of aromatic hydroxyl groups is 1. The van der Waals surface area contributed by atoms with Gasteiger partial charge in [-0.25, -0.2) is 0 Å². The highest BCUT2D eigenvalue weighted by Crippen LogP contribution is 2.15. The summed E-state index contributed by atoms with van der Waals surface area (Å²) in [6.45, 7) is 3.75. The second-order valence-electron chi connectivity index (χ2n) is 5.67. The van der Waals surface area contributed by atoms with E-state index in [1.165, 1.54) is 12.1 Å². The van der Waals surface area contributed by atoms with Crippen LogP contribution in [0.3, 0.4) is 0 Å². The van der Waals surface area contributed by atoms with Crippen molar-refractivity contribution >= 4 is 24.2 Å². The summed E-state index contributed by atoms with van der Waals surface area (Å²) in [4.78, 5) is 23.8. The lowest BCUT2D eigenvalue weighted by Crippen LogP contribution is -2.44. The molecule has 0 bridgehead atoms. The summed E-state index contributed by atoms with van der Waals surface area (Å²) >= 11 is 0. The van der Waals surface area contributed by atoms with Gasteiger partial charge in [-0.05, 0) is 50.6 Å². The first kappa shape index (κ1) is 19.3. The number of rotatable bonds is 5. The zero-order valence-corrected chi connectivity index (χ0v) is 14.0. The van der Waals surface area contributed by atoms with Crippen LogP contribution in [-0.2, 0) is 4.79 Å². The molecule has 0 spiro atoms. The zero-order chi connectivity index (χ0) is 15.9. The summed E-state index contributed by atoms with van der Waals surface area (Å²) in [5.74, 6) is 0.0287. The molecule has 1 saturated heterocycles. The van der Waals surface area contributed by atoms with E-state index >= 15 is 0 Å². The van der Waals surface area contributed by atoms with E-state index in [2.05, 4.69) is 22.9 Å². The Bertz CT molecular complexity index is 522. The quantitative estimate of drug-likeness (QED) is 0.602.